The quantitative estimate of drug-likeness (QED) is 0.410. The molecular weight excluding hydrogens is 190 g/mol. The molecular formula is C11H19N3O. The lowest BCUT2D eigenvalue weighted by Gasteiger charge is -2.04. The third-order valence-electron chi connectivity index (χ3n) is 2.13. The number of hydrogen-bond acceptors (Lipinski definition) is 4. The number of nitrogens with zero attached hydrogens (tertiary/aromatic N) is 1. The number of rotatable bonds is 7. The molecule has 0 aliphatic rings. The van der Waals surface area contributed by atoms with Crippen molar-refractivity contribution in [1.29, 1.82) is 0 Å². The predicted octanol–water partition coefficient (Wildman–Crippen LogP) is 2.07. The summed E-state index contributed by atoms with van der Waals surface area (Å²) in [5.74, 6) is 5.88. The van der Waals surface area contributed by atoms with E-state index in [0.29, 0.717) is 12.4 Å². The Balaban J connectivity index is 2.20. The van der Waals surface area contributed by atoms with Crippen molar-refractivity contribution in [2.45, 2.75) is 32.8 Å². The molecule has 1 aromatic rings. The lowest BCUT2D eigenvalue weighted by molar-refractivity contribution is 0.117. The number of hydrogen-bond donors (Lipinski definition) is 2. The van der Waals surface area contributed by atoms with Crippen molar-refractivity contribution in [2.75, 3.05) is 12.0 Å². The number of ether oxygens (including phenoxy) is 1. The highest BCUT2D eigenvalue weighted by Gasteiger charge is 1.95. The van der Waals surface area contributed by atoms with Crippen molar-refractivity contribution in [1.82, 2.24) is 4.98 Å². The zero-order valence-electron chi connectivity index (χ0n) is 9.20. The van der Waals surface area contributed by atoms with Crippen LogP contribution in [-0.2, 0) is 11.3 Å². The molecule has 4 heteroatoms. The Morgan fingerprint density at radius 3 is 2.87 bits per heavy atom. The maximum absolute atomic E-state index is 5.50. The number of anilines is 1. The average molecular weight is 209 g/mol. The van der Waals surface area contributed by atoms with Crippen LogP contribution in [0.2, 0.25) is 0 Å². The maximum Gasteiger partial charge on any atom is 0.139 e. The summed E-state index contributed by atoms with van der Waals surface area (Å²) in [6.07, 6.45) is 5.36. The maximum atomic E-state index is 5.50. The van der Waals surface area contributed by atoms with Crippen LogP contribution in [0.25, 0.3) is 0 Å². The highest BCUT2D eigenvalue weighted by atomic mass is 16.5. The summed E-state index contributed by atoms with van der Waals surface area (Å²) in [4.78, 5) is 4.10. The van der Waals surface area contributed by atoms with Crippen LogP contribution in [0.3, 0.4) is 0 Å². The van der Waals surface area contributed by atoms with Gasteiger partial charge in [0.05, 0.1) is 6.61 Å². The molecule has 1 rings (SSSR count). The molecule has 15 heavy (non-hydrogen) atoms. The monoisotopic (exact) mass is 209 g/mol. The second kappa shape index (κ2) is 7.20. The summed E-state index contributed by atoms with van der Waals surface area (Å²) in [5.41, 5.74) is 3.56. The lowest BCUT2D eigenvalue weighted by atomic mass is 10.2. The van der Waals surface area contributed by atoms with Gasteiger partial charge in [0.2, 0.25) is 0 Å². The SMILES string of the molecule is CCCCCOCc1ccc(NN)nc1. The van der Waals surface area contributed by atoms with Crippen molar-refractivity contribution in [3.63, 3.8) is 0 Å². The van der Waals surface area contributed by atoms with Gasteiger partial charge in [-0.25, -0.2) is 10.8 Å². The minimum atomic E-state index is 0.627. The zero-order chi connectivity index (χ0) is 10.9. The highest BCUT2D eigenvalue weighted by molar-refractivity contribution is 5.33. The van der Waals surface area contributed by atoms with Gasteiger partial charge in [-0.2, -0.15) is 0 Å². The Morgan fingerprint density at radius 1 is 1.40 bits per heavy atom. The number of hydrazine groups is 1. The van der Waals surface area contributed by atoms with Gasteiger partial charge >= 0.3 is 0 Å². The summed E-state index contributed by atoms with van der Waals surface area (Å²) in [5, 5.41) is 0. The van der Waals surface area contributed by atoms with Crippen LogP contribution in [0.1, 0.15) is 31.7 Å². The number of nitrogens with one attached hydrogen (secondary N) is 1. The number of nitrogens with two attached hydrogens (primary N) is 1. The fourth-order valence-corrected chi connectivity index (χ4v) is 1.24. The van der Waals surface area contributed by atoms with E-state index in [9.17, 15) is 0 Å². The molecule has 0 fully saturated rings. The molecule has 0 saturated carbocycles. The molecule has 0 amide bonds. The van der Waals surface area contributed by atoms with Gasteiger partial charge in [-0.1, -0.05) is 25.8 Å². The van der Waals surface area contributed by atoms with E-state index in [2.05, 4.69) is 17.3 Å². The third kappa shape index (κ3) is 4.76. The first-order valence-electron chi connectivity index (χ1n) is 5.36. The van der Waals surface area contributed by atoms with Gasteiger partial charge in [0, 0.05) is 12.8 Å². The van der Waals surface area contributed by atoms with Crippen LogP contribution >= 0.6 is 0 Å². The van der Waals surface area contributed by atoms with E-state index in [1.54, 1.807) is 6.20 Å². The van der Waals surface area contributed by atoms with E-state index < -0.39 is 0 Å². The van der Waals surface area contributed by atoms with E-state index in [-0.39, 0.29) is 0 Å². The van der Waals surface area contributed by atoms with Crippen LogP contribution in [0.15, 0.2) is 18.3 Å². The molecule has 0 unspecified atom stereocenters. The van der Waals surface area contributed by atoms with E-state index in [1.165, 1.54) is 12.8 Å². The van der Waals surface area contributed by atoms with E-state index in [0.717, 1.165) is 18.6 Å². The Hall–Kier alpha value is -1.13. The van der Waals surface area contributed by atoms with Gasteiger partial charge in [-0.05, 0) is 18.1 Å². The standard InChI is InChI=1S/C11H19N3O/c1-2-3-4-7-15-9-10-5-6-11(14-12)13-8-10/h5-6,8H,2-4,7,9,12H2,1H3,(H,13,14). The van der Waals surface area contributed by atoms with Crippen LogP contribution in [0, 0.1) is 0 Å². The lowest BCUT2D eigenvalue weighted by Crippen LogP contribution is -2.08. The molecule has 0 spiro atoms. The van der Waals surface area contributed by atoms with Gasteiger partial charge in [-0.15, -0.1) is 0 Å². The molecule has 0 aliphatic carbocycles. The first kappa shape index (κ1) is 11.9. The molecule has 1 heterocycles. The van der Waals surface area contributed by atoms with E-state index in [4.69, 9.17) is 10.6 Å². The van der Waals surface area contributed by atoms with Gasteiger partial charge < -0.3 is 10.2 Å². The Kier molecular flexibility index (Phi) is 5.73. The minimum absolute atomic E-state index is 0.627. The molecule has 3 N–H and O–H groups in total. The zero-order valence-corrected chi connectivity index (χ0v) is 9.20. The van der Waals surface area contributed by atoms with Crippen LogP contribution in [0.5, 0.6) is 0 Å². The van der Waals surface area contributed by atoms with Crippen LogP contribution in [-0.4, -0.2) is 11.6 Å². The molecule has 0 bridgehead atoms. The average Bonchev–Trinajstić information content (AvgIpc) is 2.30. The molecule has 4 nitrogen and oxygen atoms in total. The summed E-state index contributed by atoms with van der Waals surface area (Å²) in [6, 6.07) is 3.80. The number of pyridine rings is 1. The number of nitrogen functional groups attached to an aromatic ring is 1. The fourth-order valence-electron chi connectivity index (χ4n) is 1.24. The Morgan fingerprint density at radius 2 is 2.27 bits per heavy atom. The minimum Gasteiger partial charge on any atom is -0.377 e. The van der Waals surface area contributed by atoms with Crippen molar-refractivity contribution >= 4 is 5.82 Å². The smallest absolute Gasteiger partial charge is 0.139 e. The summed E-state index contributed by atoms with van der Waals surface area (Å²) < 4.78 is 5.50. The molecule has 0 aliphatic heterocycles. The highest BCUT2D eigenvalue weighted by Crippen LogP contribution is 2.05. The van der Waals surface area contributed by atoms with Gasteiger partial charge in [-0.3, -0.25) is 0 Å². The molecule has 0 aromatic carbocycles. The molecule has 0 radical (unpaired) electrons. The largest absolute Gasteiger partial charge is 0.377 e. The van der Waals surface area contributed by atoms with Crippen LogP contribution < -0.4 is 11.3 Å². The first-order chi connectivity index (χ1) is 7.36. The normalized spacial score (nSPS) is 10.3. The van der Waals surface area contributed by atoms with Crippen LogP contribution in [0.4, 0.5) is 5.82 Å². The topological polar surface area (TPSA) is 60.2 Å². The summed E-state index contributed by atoms with van der Waals surface area (Å²) >= 11 is 0. The predicted molar refractivity (Wildman–Crippen MR) is 61.2 cm³/mol. The van der Waals surface area contributed by atoms with E-state index >= 15 is 0 Å². The number of unbranched alkanes of at least 4 members (excludes halogenated alkanes) is 2. The second-order valence-electron chi connectivity index (χ2n) is 3.46. The molecule has 1 aromatic heterocycles. The first-order valence-corrected chi connectivity index (χ1v) is 5.36. The second-order valence-corrected chi connectivity index (χ2v) is 3.46. The number of aromatic nitrogens is 1. The van der Waals surface area contributed by atoms with Crippen molar-refractivity contribution in [3.8, 4) is 0 Å². The van der Waals surface area contributed by atoms with Gasteiger partial charge in [0.15, 0.2) is 0 Å². The Bertz CT molecular complexity index is 261. The fraction of sp³-hybridized carbons (Fsp3) is 0.545. The van der Waals surface area contributed by atoms with Crippen molar-refractivity contribution in [2.24, 2.45) is 5.84 Å². The van der Waals surface area contributed by atoms with Crippen molar-refractivity contribution < 1.29 is 4.74 Å². The molecule has 0 saturated heterocycles. The van der Waals surface area contributed by atoms with Gasteiger partial charge in [0.25, 0.3) is 0 Å². The third-order valence-corrected chi connectivity index (χ3v) is 2.13. The molecule has 0 atom stereocenters. The summed E-state index contributed by atoms with van der Waals surface area (Å²) in [6.45, 7) is 3.63. The van der Waals surface area contributed by atoms with Gasteiger partial charge in [0.1, 0.15) is 5.82 Å². The summed E-state index contributed by atoms with van der Waals surface area (Å²) in [7, 11) is 0. The molecule has 84 valence electrons. The Labute approximate surface area is 90.8 Å². The van der Waals surface area contributed by atoms with E-state index in [1.807, 2.05) is 12.1 Å². The van der Waals surface area contributed by atoms with Crippen molar-refractivity contribution in [3.05, 3.63) is 23.9 Å².